The molecular formula is C22H45NO4. The molecule has 5 nitrogen and oxygen atoms in total. The summed E-state index contributed by atoms with van der Waals surface area (Å²) in [4.78, 5) is 0. The molecule has 0 saturated carbocycles. The third-order valence-corrected chi connectivity index (χ3v) is 5.05. The van der Waals surface area contributed by atoms with E-state index < -0.39 is 0 Å². The maximum absolute atomic E-state index is 6.33. The molecule has 162 valence electrons. The Morgan fingerprint density at radius 3 is 1.78 bits per heavy atom. The number of hydrogen-bond donors (Lipinski definition) is 1. The average molecular weight is 388 g/mol. The molecule has 5 heteroatoms. The summed E-state index contributed by atoms with van der Waals surface area (Å²) in [5.74, 6) is 0. The van der Waals surface area contributed by atoms with E-state index in [1.165, 1.54) is 0 Å². The van der Waals surface area contributed by atoms with E-state index in [0.29, 0.717) is 6.61 Å². The van der Waals surface area contributed by atoms with Crippen molar-refractivity contribution in [3.05, 3.63) is 0 Å². The highest BCUT2D eigenvalue weighted by Crippen LogP contribution is 2.22. The zero-order valence-corrected chi connectivity index (χ0v) is 18.3. The molecule has 1 N–H and O–H groups in total. The molecule has 0 bridgehead atoms. The maximum atomic E-state index is 6.33. The highest BCUT2D eigenvalue weighted by atomic mass is 16.6. The third kappa shape index (κ3) is 10.2. The van der Waals surface area contributed by atoms with Gasteiger partial charge in [-0.05, 0) is 25.7 Å². The standard InChI is InChI=1S/C22H45NO4/c1-5-9-13-24-18-19-21(26-15-11-7-3)22(27-16-12-8-4)20(17-23-19)25-14-10-6-2/h19-23H,5-18H2,1-4H3/t19-,20?,21-,22-/m1/s1. The van der Waals surface area contributed by atoms with Gasteiger partial charge in [-0.3, -0.25) is 0 Å². The first kappa shape index (κ1) is 24.8. The van der Waals surface area contributed by atoms with Gasteiger partial charge in [0.05, 0.1) is 18.8 Å². The van der Waals surface area contributed by atoms with Crippen LogP contribution < -0.4 is 5.32 Å². The van der Waals surface area contributed by atoms with E-state index >= 15 is 0 Å². The normalized spacial score (nSPS) is 25.8. The fraction of sp³-hybridized carbons (Fsp3) is 1.00. The Balaban J connectivity index is 2.72. The molecule has 1 heterocycles. The Morgan fingerprint density at radius 1 is 0.667 bits per heavy atom. The van der Waals surface area contributed by atoms with Gasteiger partial charge in [0, 0.05) is 33.0 Å². The lowest BCUT2D eigenvalue weighted by Gasteiger charge is -2.43. The maximum Gasteiger partial charge on any atom is 0.113 e. The summed E-state index contributed by atoms with van der Waals surface area (Å²) < 4.78 is 24.8. The molecule has 0 amide bonds. The zero-order chi connectivity index (χ0) is 19.7. The SMILES string of the molecule is CCCCOC[C@H]1NCC(OCCCC)[C@@H](OCCCC)[C@@H]1OCCCC. The molecule has 0 aliphatic carbocycles. The second-order valence-electron chi connectivity index (χ2n) is 7.58. The van der Waals surface area contributed by atoms with E-state index in [1.807, 2.05) is 0 Å². The van der Waals surface area contributed by atoms with E-state index in [9.17, 15) is 0 Å². The Morgan fingerprint density at radius 2 is 1.19 bits per heavy atom. The average Bonchev–Trinajstić information content (AvgIpc) is 2.68. The fourth-order valence-corrected chi connectivity index (χ4v) is 3.22. The van der Waals surface area contributed by atoms with Crippen molar-refractivity contribution in [1.82, 2.24) is 5.32 Å². The van der Waals surface area contributed by atoms with Crippen LogP contribution in [0.1, 0.15) is 79.1 Å². The van der Waals surface area contributed by atoms with Crippen molar-refractivity contribution in [1.29, 1.82) is 0 Å². The zero-order valence-electron chi connectivity index (χ0n) is 18.3. The van der Waals surface area contributed by atoms with Gasteiger partial charge < -0.3 is 24.3 Å². The highest BCUT2D eigenvalue weighted by molar-refractivity contribution is 4.95. The van der Waals surface area contributed by atoms with Crippen LogP contribution in [0.15, 0.2) is 0 Å². The summed E-state index contributed by atoms with van der Waals surface area (Å²) in [6.45, 7) is 13.4. The van der Waals surface area contributed by atoms with Gasteiger partial charge in [0.15, 0.2) is 0 Å². The molecule has 4 atom stereocenters. The third-order valence-electron chi connectivity index (χ3n) is 5.05. The van der Waals surface area contributed by atoms with Gasteiger partial charge in [0.25, 0.3) is 0 Å². The van der Waals surface area contributed by atoms with E-state index in [-0.39, 0.29) is 24.4 Å². The predicted molar refractivity (Wildman–Crippen MR) is 111 cm³/mol. The molecule has 0 spiro atoms. The van der Waals surface area contributed by atoms with Crippen LogP contribution in [0.2, 0.25) is 0 Å². The summed E-state index contributed by atoms with van der Waals surface area (Å²) in [7, 11) is 0. The van der Waals surface area contributed by atoms with Crippen molar-refractivity contribution < 1.29 is 18.9 Å². The van der Waals surface area contributed by atoms with Crippen LogP contribution in [-0.4, -0.2) is 63.9 Å². The highest BCUT2D eigenvalue weighted by Gasteiger charge is 2.41. The lowest BCUT2D eigenvalue weighted by molar-refractivity contribution is -0.171. The molecule has 1 unspecified atom stereocenters. The van der Waals surface area contributed by atoms with Crippen LogP contribution in [0.5, 0.6) is 0 Å². The van der Waals surface area contributed by atoms with Gasteiger partial charge in [-0.15, -0.1) is 0 Å². The number of ether oxygens (including phenoxy) is 4. The molecule has 1 aliphatic rings. The van der Waals surface area contributed by atoms with Crippen molar-refractivity contribution in [2.24, 2.45) is 0 Å². The summed E-state index contributed by atoms with van der Waals surface area (Å²) in [5, 5.41) is 3.62. The second kappa shape index (κ2) is 16.7. The second-order valence-corrected chi connectivity index (χ2v) is 7.58. The topological polar surface area (TPSA) is 49.0 Å². The van der Waals surface area contributed by atoms with Gasteiger partial charge in [-0.25, -0.2) is 0 Å². The molecule has 1 rings (SSSR count). The molecule has 1 saturated heterocycles. The summed E-state index contributed by atoms with van der Waals surface area (Å²) in [5.41, 5.74) is 0. The van der Waals surface area contributed by atoms with Crippen LogP contribution in [0.25, 0.3) is 0 Å². The molecule has 0 radical (unpaired) electrons. The van der Waals surface area contributed by atoms with Crippen LogP contribution in [0, 0.1) is 0 Å². The summed E-state index contributed by atoms with van der Waals surface area (Å²) in [6.07, 6.45) is 8.92. The van der Waals surface area contributed by atoms with Gasteiger partial charge >= 0.3 is 0 Å². The molecule has 27 heavy (non-hydrogen) atoms. The Bertz CT molecular complexity index is 329. The largest absolute Gasteiger partial charge is 0.380 e. The van der Waals surface area contributed by atoms with Gasteiger partial charge in [-0.2, -0.15) is 0 Å². The van der Waals surface area contributed by atoms with E-state index in [1.54, 1.807) is 0 Å². The molecule has 0 aromatic heterocycles. The first-order chi connectivity index (χ1) is 13.3. The van der Waals surface area contributed by atoms with Gasteiger partial charge in [0.1, 0.15) is 12.2 Å². The molecule has 1 aliphatic heterocycles. The minimum absolute atomic E-state index is 0.0181. The van der Waals surface area contributed by atoms with Crippen LogP contribution in [0.3, 0.4) is 0 Å². The smallest absolute Gasteiger partial charge is 0.113 e. The van der Waals surface area contributed by atoms with Crippen molar-refractivity contribution in [2.45, 2.75) is 103 Å². The first-order valence-electron chi connectivity index (χ1n) is 11.4. The lowest BCUT2D eigenvalue weighted by atomic mass is 9.95. The number of unbranched alkanes of at least 4 members (excludes halogenated alkanes) is 4. The van der Waals surface area contributed by atoms with Crippen molar-refractivity contribution in [3.63, 3.8) is 0 Å². The number of piperidine rings is 1. The minimum atomic E-state index is -0.0220. The fourth-order valence-electron chi connectivity index (χ4n) is 3.22. The molecular weight excluding hydrogens is 342 g/mol. The first-order valence-corrected chi connectivity index (χ1v) is 11.4. The minimum Gasteiger partial charge on any atom is -0.380 e. The number of rotatable bonds is 17. The molecule has 0 aromatic rings. The number of nitrogens with one attached hydrogen (secondary N) is 1. The van der Waals surface area contributed by atoms with Crippen LogP contribution >= 0.6 is 0 Å². The Labute approximate surface area is 167 Å². The molecule has 1 fully saturated rings. The van der Waals surface area contributed by atoms with Crippen LogP contribution in [-0.2, 0) is 18.9 Å². The monoisotopic (exact) mass is 387 g/mol. The van der Waals surface area contributed by atoms with Crippen molar-refractivity contribution >= 4 is 0 Å². The molecule has 0 aromatic carbocycles. The van der Waals surface area contributed by atoms with E-state index in [0.717, 1.165) is 84.3 Å². The lowest BCUT2D eigenvalue weighted by Crippen LogP contribution is -2.63. The van der Waals surface area contributed by atoms with Crippen molar-refractivity contribution in [3.8, 4) is 0 Å². The summed E-state index contributed by atoms with van der Waals surface area (Å²) in [6, 6.07) is 0.163. The summed E-state index contributed by atoms with van der Waals surface area (Å²) >= 11 is 0. The van der Waals surface area contributed by atoms with E-state index in [4.69, 9.17) is 18.9 Å². The van der Waals surface area contributed by atoms with Crippen LogP contribution in [0.4, 0.5) is 0 Å². The van der Waals surface area contributed by atoms with Gasteiger partial charge in [0.2, 0.25) is 0 Å². The predicted octanol–water partition coefficient (Wildman–Crippen LogP) is 4.33. The number of hydrogen-bond acceptors (Lipinski definition) is 5. The Hall–Kier alpha value is -0.200. The Kier molecular flexibility index (Phi) is 15.4. The quantitative estimate of drug-likeness (QED) is 0.376. The van der Waals surface area contributed by atoms with Gasteiger partial charge in [-0.1, -0.05) is 53.4 Å². The van der Waals surface area contributed by atoms with Crippen molar-refractivity contribution in [2.75, 3.05) is 39.6 Å². The van der Waals surface area contributed by atoms with E-state index in [2.05, 4.69) is 33.0 Å².